The lowest BCUT2D eigenvalue weighted by Gasteiger charge is -2.24. The second kappa shape index (κ2) is 11.4. The van der Waals surface area contributed by atoms with Gasteiger partial charge in [0.1, 0.15) is 19.3 Å². The highest BCUT2D eigenvalue weighted by Gasteiger charge is 2.22. The summed E-state index contributed by atoms with van der Waals surface area (Å²) < 4.78 is 16.7. The number of ether oxygens (including phenoxy) is 3. The number of fused-ring (bicyclic) bond motifs is 1. The minimum atomic E-state index is -0.602. The zero-order valence-corrected chi connectivity index (χ0v) is 17.2. The predicted octanol–water partition coefficient (Wildman–Crippen LogP) is 3.67. The van der Waals surface area contributed by atoms with Gasteiger partial charge in [0.2, 0.25) is 5.91 Å². The highest BCUT2D eigenvalue weighted by molar-refractivity contribution is 5.76. The van der Waals surface area contributed by atoms with Gasteiger partial charge in [-0.25, -0.2) is 4.79 Å². The van der Waals surface area contributed by atoms with E-state index in [1.165, 1.54) is 17.7 Å². The molecule has 1 aromatic carbocycles. The van der Waals surface area contributed by atoms with E-state index in [2.05, 4.69) is 12.2 Å². The van der Waals surface area contributed by atoms with Crippen molar-refractivity contribution < 1.29 is 23.8 Å². The monoisotopic (exact) mass is 392 g/mol. The van der Waals surface area contributed by atoms with Gasteiger partial charge in [-0.3, -0.25) is 4.79 Å². The molecule has 7 heteroatoms. The summed E-state index contributed by atoms with van der Waals surface area (Å²) >= 11 is 0. The third-order valence-electron chi connectivity index (χ3n) is 4.54. The molecule has 2 amide bonds. The number of carbonyl (C=O) groups excluding carboxylic acids is 2. The van der Waals surface area contributed by atoms with Crippen LogP contribution in [-0.4, -0.2) is 50.8 Å². The molecular weight excluding hydrogens is 360 g/mol. The van der Waals surface area contributed by atoms with Gasteiger partial charge in [0.25, 0.3) is 0 Å². The fourth-order valence-electron chi connectivity index (χ4n) is 2.90. The average Bonchev–Trinajstić information content (AvgIpc) is 2.70. The van der Waals surface area contributed by atoms with Crippen LogP contribution in [0.5, 0.6) is 11.5 Å². The number of amides is 2. The molecule has 0 bridgehead atoms. The molecule has 1 aliphatic rings. The van der Waals surface area contributed by atoms with E-state index in [9.17, 15) is 9.59 Å². The topological polar surface area (TPSA) is 77.1 Å². The summed E-state index contributed by atoms with van der Waals surface area (Å²) in [4.78, 5) is 25.6. The van der Waals surface area contributed by atoms with E-state index in [0.29, 0.717) is 31.1 Å². The van der Waals surface area contributed by atoms with Gasteiger partial charge in [-0.1, -0.05) is 38.7 Å². The van der Waals surface area contributed by atoms with E-state index in [4.69, 9.17) is 14.2 Å². The number of benzene rings is 1. The summed E-state index contributed by atoms with van der Waals surface area (Å²) in [5, 5.41) is 2.89. The lowest BCUT2D eigenvalue weighted by molar-refractivity contribution is -0.121. The lowest BCUT2D eigenvalue weighted by atomic mass is 10.1. The van der Waals surface area contributed by atoms with Crippen LogP contribution in [0.3, 0.4) is 0 Å². The van der Waals surface area contributed by atoms with Gasteiger partial charge < -0.3 is 24.4 Å². The molecule has 7 nitrogen and oxygen atoms in total. The number of nitrogens with zero attached hydrogens (tertiary/aromatic N) is 1. The van der Waals surface area contributed by atoms with Crippen molar-refractivity contribution in [2.45, 2.75) is 51.6 Å². The van der Waals surface area contributed by atoms with Crippen LogP contribution in [0.1, 0.15) is 57.1 Å². The van der Waals surface area contributed by atoms with Crippen LogP contribution in [0.2, 0.25) is 0 Å². The average molecular weight is 392 g/mol. The van der Waals surface area contributed by atoms with Crippen molar-refractivity contribution in [1.82, 2.24) is 10.2 Å². The minimum absolute atomic E-state index is 0.0278. The van der Waals surface area contributed by atoms with Gasteiger partial charge in [0.15, 0.2) is 11.5 Å². The zero-order chi connectivity index (χ0) is 20.4. The predicted molar refractivity (Wildman–Crippen MR) is 107 cm³/mol. The molecule has 1 aliphatic heterocycles. The standard InChI is InChI=1S/C21H32N2O5/c1-4-5-6-7-8-9-20(24)22-15-19(28-21(25)23(2)3)16-10-11-17-18(14-16)27-13-12-26-17/h10-11,14,19H,4-9,12-13,15H2,1-3H3,(H,22,24). The molecule has 0 radical (unpaired) electrons. The number of rotatable bonds is 10. The second-order valence-corrected chi connectivity index (χ2v) is 7.14. The van der Waals surface area contributed by atoms with Gasteiger partial charge in [0, 0.05) is 20.5 Å². The Balaban J connectivity index is 1.96. The highest BCUT2D eigenvalue weighted by Crippen LogP contribution is 2.33. The molecule has 1 aromatic rings. The van der Waals surface area contributed by atoms with Crippen molar-refractivity contribution in [3.8, 4) is 11.5 Å². The Morgan fingerprint density at radius 3 is 2.54 bits per heavy atom. The molecule has 0 saturated carbocycles. The summed E-state index contributed by atoms with van der Waals surface area (Å²) in [7, 11) is 3.25. The first-order valence-electron chi connectivity index (χ1n) is 10.1. The number of carbonyl (C=O) groups is 2. The molecule has 156 valence electrons. The number of hydrogen-bond acceptors (Lipinski definition) is 5. The van der Waals surface area contributed by atoms with E-state index < -0.39 is 12.2 Å². The van der Waals surface area contributed by atoms with Gasteiger partial charge in [-0.15, -0.1) is 0 Å². The molecule has 0 spiro atoms. The summed E-state index contributed by atoms with van der Waals surface area (Å²) in [5.41, 5.74) is 0.752. The molecule has 2 rings (SSSR count). The molecule has 1 atom stereocenters. The Morgan fingerprint density at radius 2 is 1.82 bits per heavy atom. The van der Waals surface area contributed by atoms with Crippen LogP contribution < -0.4 is 14.8 Å². The fourth-order valence-corrected chi connectivity index (χ4v) is 2.90. The fraction of sp³-hybridized carbons (Fsp3) is 0.619. The first-order chi connectivity index (χ1) is 13.5. The SMILES string of the molecule is CCCCCCCC(=O)NCC(OC(=O)N(C)C)c1ccc2c(c1)OCCO2. The molecule has 0 saturated heterocycles. The van der Waals surface area contributed by atoms with Crippen LogP contribution in [-0.2, 0) is 9.53 Å². The van der Waals surface area contributed by atoms with Crippen molar-refractivity contribution >= 4 is 12.0 Å². The maximum absolute atomic E-state index is 12.2. The van der Waals surface area contributed by atoms with E-state index in [-0.39, 0.29) is 12.5 Å². The number of hydrogen-bond donors (Lipinski definition) is 1. The number of unbranched alkanes of at least 4 members (excludes halogenated alkanes) is 4. The Kier molecular flexibility index (Phi) is 8.91. The third kappa shape index (κ3) is 6.94. The maximum atomic E-state index is 12.2. The summed E-state index contributed by atoms with van der Waals surface area (Å²) in [5.74, 6) is 1.26. The first kappa shape index (κ1) is 21.9. The van der Waals surface area contributed by atoms with Crippen molar-refractivity contribution in [2.24, 2.45) is 0 Å². The van der Waals surface area contributed by atoms with Crippen LogP contribution in [0.15, 0.2) is 18.2 Å². The third-order valence-corrected chi connectivity index (χ3v) is 4.54. The van der Waals surface area contributed by atoms with E-state index in [1.807, 2.05) is 6.07 Å². The van der Waals surface area contributed by atoms with Crippen molar-refractivity contribution in [3.05, 3.63) is 23.8 Å². The van der Waals surface area contributed by atoms with Crippen molar-refractivity contribution in [1.29, 1.82) is 0 Å². The zero-order valence-electron chi connectivity index (χ0n) is 17.2. The maximum Gasteiger partial charge on any atom is 0.409 e. The minimum Gasteiger partial charge on any atom is -0.486 e. The van der Waals surface area contributed by atoms with Crippen LogP contribution >= 0.6 is 0 Å². The van der Waals surface area contributed by atoms with E-state index in [0.717, 1.165) is 24.8 Å². The summed E-state index contributed by atoms with van der Waals surface area (Å²) in [6.07, 6.45) is 4.89. The number of nitrogens with one attached hydrogen (secondary N) is 1. The van der Waals surface area contributed by atoms with Crippen LogP contribution in [0, 0.1) is 0 Å². The first-order valence-corrected chi connectivity index (χ1v) is 10.1. The van der Waals surface area contributed by atoms with Gasteiger partial charge in [-0.05, 0) is 24.1 Å². The van der Waals surface area contributed by atoms with Crippen LogP contribution in [0.25, 0.3) is 0 Å². The van der Waals surface area contributed by atoms with Crippen molar-refractivity contribution in [3.63, 3.8) is 0 Å². The largest absolute Gasteiger partial charge is 0.486 e. The Hall–Kier alpha value is -2.44. The molecule has 0 fully saturated rings. The molecule has 0 aromatic heterocycles. The summed E-state index contributed by atoms with van der Waals surface area (Å²) in [6.45, 7) is 3.37. The summed E-state index contributed by atoms with van der Waals surface area (Å²) in [6, 6.07) is 5.44. The Bertz CT molecular complexity index is 648. The molecule has 0 aliphatic carbocycles. The second-order valence-electron chi connectivity index (χ2n) is 7.14. The van der Waals surface area contributed by atoms with E-state index in [1.54, 1.807) is 26.2 Å². The normalized spacial score (nSPS) is 13.5. The van der Waals surface area contributed by atoms with Crippen molar-refractivity contribution in [2.75, 3.05) is 33.9 Å². The van der Waals surface area contributed by atoms with Crippen LogP contribution in [0.4, 0.5) is 4.79 Å². The molecule has 1 unspecified atom stereocenters. The van der Waals surface area contributed by atoms with E-state index >= 15 is 0 Å². The Labute approximate surface area is 167 Å². The van der Waals surface area contributed by atoms with Gasteiger partial charge in [-0.2, -0.15) is 0 Å². The molecular formula is C21H32N2O5. The molecule has 1 heterocycles. The lowest BCUT2D eigenvalue weighted by Crippen LogP contribution is -2.33. The van der Waals surface area contributed by atoms with Gasteiger partial charge >= 0.3 is 6.09 Å². The quantitative estimate of drug-likeness (QED) is 0.615. The highest BCUT2D eigenvalue weighted by atomic mass is 16.6. The Morgan fingerprint density at radius 1 is 1.11 bits per heavy atom. The smallest absolute Gasteiger partial charge is 0.409 e. The van der Waals surface area contributed by atoms with Gasteiger partial charge in [0.05, 0.1) is 6.54 Å². The molecule has 1 N–H and O–H groups in total. The molecule has 28 heavy (non-hydrogen) atoms.